The van der Waals surface area contributed by atoms with E-state index in [1.165, 1.54) is 6.42 Å². The number of tetrazole rings is 1. The van der Waals surface area contributed by atoms with Gasteiger partial charge in [0, 0.05) is 29.2 Å². The van der Waals surface area contributed by atoms with Gasteiger partial charge in [0.05, 0.1) is 21.2 Å². The Kier molecular flexibility index (Phi) is 4.86. The second-order valence-corrected chi connectivity index (χ2v) is 8.29. The number of hydrogen-bond donors (Lipinski definition) is 1. The summed E-state index contributed by atoms with van der Waals surface area (Å²) in [7, 11) is 0. The van der Waals surface area contributed by atoms with Gasteiger partial charge in [-0.3, -0.25) is 0 Å². The molecule has 5 rings (SSSR count). The number of fused-ring (bicyclic) bond motifs is 1. The number of H-pyrrole nitrogens is 1. The van der Waals surface area contributed by atoms with Gasteiger partial charge in [-0.2, -0.15) is 0 Å². The Labute approximate surface area is 182 Å². The summed E-state index contributed by atoms with van der Waals surface area (Å²) in [5.41, 5.74) is 3.66. The van der Waals surface area contributed by atoms with Gasteiger partial charge >= 0.3 is 0 Å². The van der Waals surface area contributed by atoms with Crippen LogP contribution in [0, 0.1) is 0 Å². The number of piperidine rings is 1. The average Bonchev–Trinajstić information content (AvgIpc) is 3.37. The fraction of sp³-hybridized carbons (Fsp3) is 0.250. The number of anilines is 1. The molecular weight excluding hydrogens is 431 g/mol. The minimum atomic E-state index is 0.517. The van der Waals surface area contributed by atoms with E-state index >= 15 is 0 Å². The SMILES string of the molecule is Clc1cccc(-n2c(-c3nnn[nH]3)c(N3CCCCC3)c3c(Cl)c(Cl)ccc32)c1. The first-order chi connectivity index (χ1) is 14.1. The van der Waals surface area contributed by atoms with Crippen molar-refractivity contribution in [2.75, 3.05) is 18.0 Å². The quantitative estimate of drug-likeness (QED) is 0.433. The Morgan fingerprint density at radius 2 is 1.79 bits per heavy atom. The summed E-state index contributed by atoms with van der Waals surface area (Å²) in [6.07, 6.45) is 3.46. The van der Waals surface area contributed by atoms with Gasteiger partial charge in [0.1, 0.15) is 5.69 Å². The average molecular weight is 448 g/mol. The largest absolute Gasteiger partial charge is 0.369 e. The Morgan fingerprint density at radius 1 is 0.966 bits per heavy atom. The van der Waals surface area contributed by atoms with Crippen LogP contribution in [0.2, 0.25) is 15.1 Å². The van der Waals surface area contributed by atoms with E-state index in [1.807, 2.05) is 36.4 Å². The minimum Gasteiger partial charge on any atom is -0.369 e. The number of rotatable bonds is 3. The van der Waals surface area contributed by atoms with Crippen molar-refractivity contribution in [1.82, 2.24) is 25.2 Å². The first kappa shape index (κ1) is 18.7. The number of benzene rings is 2. The Bertz CT molecular complexity index is 1180. The number of nitrogens with zero attached hydrogens (tertiary/aromatic N) is 5. The molecule has 1 fully saturated rings. The van der Waals surface area contributed by atoms with Gasteiger partial charge in [0.2, 0.25) is 0 Å². The molecular formula is C20H17Cl3N6. The molecule has 0 atom stereocenters. The second kappa shape index (κ2) is 7.52. The van der Waals surface area contributed by atoms with Gasteiger partial charge in [-0.05, 0) is 60.0 Å². The maximum Gasteiger partial charge on any atom is 0.198 e. The fourth-order valence-electron chi connectivity index (χ4n) is 4.08. The van der Waals surface area contributed by atoms with E-state index in [4.69, 9.17) is 34.8 Å². The molecule has 6 nitrogen and oxygen atoms in total. The molecule has 0 radical (unpaired) electrons. The lowest BCUT2D eigenvalue weighted by Gasteiger charge is -2.29. The first-order valence-electron chi connectivity index (χ1n) is 9.42. The monoisotopic (exact) mass is 446 g/mol. The predicted octanol–water partition coefficient (Wildman–Crippen LogP) is 5.76. The molecule has 148 valence electrons. The van der Waals surface area contributed by atoms with E-state index in [2.05, 4.69) is 30.1 Å². The second-order valence-electron chi connectivity index (χ2n) is 7.07. The van der Waals surface area contributed by atoms with Crippen LogP contribution in [0.25, 0.3) is 28.1 Å². The molecule has 1 aliphatic rings. The van der Waals surface area contributed by atoms with Crippen LogP contribution in [-0.4, -0.2) is 38.3 Å². The molecule has 4 aromatic rings. The van der Waals surface area contributed by atoms with Gasteiger partial charge in [0.25, 0.3) is 0 Å². The lowest BCUT2D eigenvalue weighted by atomic mass is 10.1. The van der Waals surface area contributed by atoms with Crippen LogP contribution in [0.15, 0.2) is 36.4 Å². The molecule has 0 bridgehead atoms. The highest BCUT2D eigenvalue weighted by atomic mass is 35.5. The van der Waals surface area contributed by atoms with Crippen molar-refractivity contribution < 1.29 is 0 Å². The normalized spacial score (nSPS) is 14.7. The summed E-state index contributed by atoms with van der Waals surface area (Å²) in [5, 5.41) is 17.4. The van der Waals surface area contributed by atoms with E-state index in [-0.39, 0.29) is 0 Å². The molecule has 2 aromatic heterocycles. The molecule has 0 aliphatic carbocycles. The number of aromatic nitrogens is 5. The van der Waals surface area contributed by atoms with E-state index < -0.39 is 0 Å². The highest BCUT2D eigenvalue weighted by molar-refractivity contribution is 6.46. The van der Waals surface area contributed by atoms with Crippen molar-refractivity contribution in [3.05, 3.63) is 51.5 Å². The molecule has 1 saturated heterocycles. The van der Waals surface area contributed by atoms with Crippen molar-refractivity contribution in [3.63, 3.8) is 0 Å². The van der Waals surface area contributed by atoms with Crippen molar-refractivity contribution in [1.29, 1.82) is 0 Å². The summed E-state index contributed by atoms with van der Waals surface area (Å²) in [6.45, 7) is 1.87. The maximum atomic E-state index is 6.76. The number of nitrogens with one attached hydrogen (secondary N) is 1. The summed E-state index contributed by atoms with van der Waals surface area (Å²) in [4.78, 5) is 2.35. The van der Waals surface area contributed by atoms with Gasteiger partial charge in [-0.25, -0.2) is 5.10 Å². The van der Waals surface area contributed by atoms with E-state index in [9.17, 15) is 0 Å². The van der Waals surface area contributed by atoms with Crippen LogP contribution < -0.4 is 4.90 Å². The Balaban J connectivity index is 1.93. The molecule has 0 amide bonds. The first-order valence-corrected chi connectivity index (χ1v) is 10.6. The summed E-state index contributed by atoms with van der Waals surface area (Å²) < 4.78 is 2.09. The van der Waals surface area contributed by atoms with E-state index in [0.717, 1.165) is 53.9 Å². The minimum absolute atomic E-state index is 0.517. The molecule has 0 spiro atoms. The zero-order valence-electron chi connectivity index (χ0n) is 15.4. The van der Waals surface area contributed by atoms with E-state index in [0.29, 0.717) is 20.9 Å². The number of aromatic amines is 1. The van der Waals surface area contributed by atoms with Crippen LogP contribution >= 0.6 is 34.8 Å². The summed E-state index contributed by atoms with van der Waals surface area (Å²) >= 11 is 19.5. The molecule has 2 aromatic carbocycles. The lowest BCUT2D eigenvalue weighted by molar-refractivity contribution is 0.579. The van der Waals surface area contributed by atoms with Crippen molar-refractivity contribution in [3.8, 4) is 17.2 Å². The highest BCUT2D eigenvalue weighted by Crippen LogP contribution is 2.46. The summed E-state index contributed by atoms with van der Waals surface area (Å²) in [5.74, 6) is 0.564. The highest BCUT2D eigenvalue weighted by Gasteiger charge is 2.29. The molecule has 3 heterocycles. The van der Waals surface area contributed by atoms with Gasteiger partial charge in [-0.15, -0.1) is 5.10 Å². The molecule has 1 aliphatic heterocycles. The van der Waals surface area contributed by atoms with Crippen molar-refractivity contribution in [2.24, 2.45) is 0 Å². The van der Waals surface area contributed by atoms with Gasteiger partial charge in [0.15, 0.2) is 5.82 Å². The topological polar surface area (TPSA) is 62.6 Å². The fourth-order valence-corrected chi connectivity index (χ4v) is 4.67. The zero-order valence-corrected chi connectivity index (χ0v) is 17.6. The third kappa shape index (κ3) is 3.16. The molecule has 0 unspecified atom stereocenters. The van der Waals surface area contributed by atoms with Crippen molar-refractivity contribution in [2.45, 2.75) is 19.3 Å². The molecule has 0 saturated carbocycles. The third-order valence-electron chi connectivity index (χ3n) is 5.31. The predicted molar refractivity (Wildman–Crippen MR) is 118 cm³/mol. The van der Waals surface area contributed by atoms with Gasteiger partial charge < -0.3 is 9.47 Å². The lowest BCUT2D eigenvalue weighted by Crippen LogP contribution is -2.29. The molecule has 9 heteroatoms. The van der Waals surface area contributed by atoms with Gasteiger partial charge in [-0.1, -0.05) is 40.9 Å². The van der Waals surface area contributed by atoms with Crippen LogP contribution in [0.4, 0.5) is 5.69 Å². The third-order valence-corrected chi connectivity index (χ3v) is 6.35. The standard InChI is InChI=1S/C20H17Cl3N6/c21-12-5-4-6-13(11-12)29-15-8-7-14(22)17(23)16(15)18(28-9-2-1-3-10-28)19(29)20-24-26-27-25-20/h4-8,11H,1-3,9-10H2,(H,24,25,26,27). The number of hydrogen-bond acceptors (Lipinski definition) is 4. The van der Waals surface area contributed by atoms with Crippen LogP contribution in [0.5, 0.6) is 0 Å². The van der Waals surface area contributed by atoms with E-state index in [1.54, 1.807) is 0 Å². The van der Waals surface area contributed by atoms with Crippen molar-refractivity contribution >= 4 is 51.4 Å². The zero-order chi connectivity index (χ0) is 20.0. The Hall–Kier alpha value is -2.28. The summed E-state index contributed by atoms with van der Waals surface area (Å²) in [6, 6.07) is 11.5. The number of halogens is 3. The molecule has 29 heavy (non-hydrogen) atoms. The molecule has 1 N–H and O–H groups in total. The smallest absolute Gasteiger partial charge is 0.198 e. The maximum absolute atomic E-state index is 6.76. The Morgan fingerprint density at radius 3 is 2.52 bits per heavy atom. The van der Waals surface area contributed by atoms with Crippen LogP contribution in [0.3, 0.4) is 0 Å². The van der Waals surface area contributed by atoms with Crippen LogP contribution in [-0.2, 0) is 0 Å². The van der Waals surface area contributed by atoms with Crippen LogP contribution in [0.1, 0.15) is 19.3 Å².